The van der Waals surface area contributed by atoms with Crippen molar-refractivity contribution in [3.8, 4) is 0 Å². The van der Waals surface area contributed by atoms with Crippen LogP contribution in [-0.2, 0) is 4.79 Å². The lowest BCUT2D eigenvalue weighted by Gasteiger charge is -2.10. The van der Waals surface area contributed by atoms with Crippen LogP contribution in [0.1, 0.15) is 13.8 Å². The Morgan fingerprint density at radius 2 is 2.33 bits per heavy atom. The molecule has 0 aromatic heterocycles. The van der Waals surface area contributed by atoms with Crippen molar-refractivity contribution in [3.05, 3.63) is 0 Å². The van der Waals surface area contributed by atoms with E-state index in [0.717, 1.165) is 5.71 Å². The Morgan fingerprint density at radius 3 is 2.75 bits per heavy atom. The molecular formula is C7H12N4O. The number of carbonyl (C=O) groups excluding carboxylic acids is 1. The van der Waals surface area contributed by atoms with E-state index in [-0.39, 0.29) is 12.5 Å². The molecule has 1 heterocycles. The molecule has 1 aliphatic rings. The predicted molar refractivity (Wildman–Crippen MR) is 47.0 cm³/mol. The highest BCUT2D eigenvalue weighted by atomic mass is 16.2. The van der Waals surface area contributed by atoms with Crippen molar-refractivity contribution in [3.63, 3.8) is 0 Å². The second-order valence-electron chi connectivity index (χ2n) is 2.76. The molecule has 1 rings (SSSR count). The topological polar surface area (TPSA) is 57.1 Å². The molecule has 1 N–H and O–H groups in total. The van der Waals surface area contributed by atoms with Crippen LogP contribution in [-0.4, -0.2) is 36.1 Å². The smallest absolute Gasteiger partial charge is 0.250 e. The number of nitrogens with zero attached hydrogens (tertiary/aromatic N) is 3. The summed E-state index contributed by atoms with van der Waals surface area (Å²) >= 11 is 0. The number of carbonyl (C=O) groups is 1. The largest absolute Gasteiger partial charge is 0.283 e. The fourth-order valence-electron chi connectivity index (χ4n) is 0.745. The van der Waals surface area contributed by atoms with Gasteiger partial charge in [-0.2, -0.15) is 5.10 Å². The lowest BCUT2D eigenvalue weighted by atomic mass is 10.5. The number of rotatable bonds is 1. The summed E-state index contributed by atoms with van der Waals surface area (Å²) in [5.41, 5.74) is 3.60. The first-order chi connectivity index (χ1) is 5.61. The third-order valence-electron chi connectivity index (χ3n) is 1.44. The van der Waals surface area contributed by atoms with Gasteiger partial charge in [-0.15, -0.1) is 0 Å². The van der Waals surface area contributed by atoms with Crippen LogP contribution in [0.4, 0.5) is 0 Å². The Balaban J connectivity index is 2.55. The molecule has 0 spiro atoms. The first-order valence-electron chi connectivity index (χ1n) is 3.69. The van der Waals surface area contributed by atoms with Gasteiger partial charge in [-0.25, -0.2) is 10.4 Å². The van der Waals surface area contributed by atoms with E-state index in [1.165, 1.54) is 4.90 Å². The molecule has 5 heteroatoms. The lowest BCUT2D eigenvalue weighted by molar-refractivity contribution is -0.124. The van der Waals surface area contributed by atoms with Crippen molar-refractivity contribution in [2.75, 3.05) is 13.6 Å². The van der Waals surface area contributed by atoms with Gasteiger partial charge >= 0.3 is 0 Å². The maximum atomic E-state index is 11.0. The molecule has 66 valence electrons. The molecule has 0 aliphatic carbocycles. The summed E-state index contributed by atoms with van der Waals surface area (Å²) in [4.78, 5) is 16.3. The van der Waals surface area contributed by atoms with Crippen molar-refractivity contribution >= 4 is 17.6 Å². The number of aliphatic imine (C=N–C) groups is 1. The first-order valence-corrected chi connectivity index (χ1v) is 3.69. The fraction of sp³-hybridized carbons (Fsp3) is 0.571. The van der Waals surface area contributed by atoms with Gasteiger partial charge in [0.1, 0.15) is 6.54 Å². The quantitative estimate of drug-likeness (QED) is 0.435. The van der Waals surface area contributed by atoms with Crippen molar-refractivity contribution < 1.29 is 4.79 Å². The summed E-state index contributed by atoms with van der Waals surface area (Å²) in [5, 5.41) is 3.93. The van der Waals surface area contributed by atoms with Crippen LogP contribution in [0.3, 0.4) is 0 Å². The van der Waals surface area contributed by atoms with Gasteiger partial charge in [-0.05, 0) is 13.8 Å². The van der Waals surface area contributed by atoms with E-state index in [0.29, 0.717) is 5.96 Å². The highest BCUT2D eigenvalue weighted by molar-refractivity contribution is 6.02. The molecule has 0 saturated carbocycles. The highest BCUT2D eigenvalue weighted by Gasteiger charge is 2.20. The summed E-state index contributed by atoms with van der Waals surface area (Å²) in [6, 6.07) is 0. The Morgan fingerprint density at radius 1 is 1.67 bits per heavy atom. The highest BCUT2D eigenvalue weighted by Crippen LogP contribution is 1.96. The summed E-state index contributed by atoms with van der Waals surface area (Å²) < 4.78 is 0. The number of hydrogen-bond donors (Lipinski definition) is 1. The van der Waals surface area contributed by atoms with E-state index in [2.05, 4.69) is 15.5 Å². The molecule has 0 saturated heterocycles. The predicted octanol–water partition coefficient (Wildman–Crippen LogP) is -0.200. The Labute approximate surface area is 71.2 Å². The van der Waals surface area contributed by atoms with Crippen LogP contribution in [0.25, 0.3) is 0 Å². The van der Waals surface area contributed by atoms with Crippen molar-refractivity contribution in [1.82, 2.24) is 10.3 Å². The standard InChI is InChI=1S/C7H12N4O/c1-5(2)9-10-7-8-4-6(12)11(7)3/h4H2,1-3H3,(H,8,10). The van der Waals surface area contributed by atoms with Crippen LogP contribution < -0.4 is 5.43 Å². The molecule has 0 unspecified atom stereocenters. The minimum atomic E-state index is -0.0125. The van der Waals surface area contributed by atoms with Crippen molar-refractivity contribution in [2.24, 2.45) is 10.1 Å². The van der Waals surface area contributed by atoms with Gasteiger partial charge in [0, 0.05) is 12.8 Å². The van der Waals surface area contributed by atoms with Gasteiger partial charge in [-0.3, -0.25) is 9.69 Å². The SMILES string of the molecule is CC(C)=NNC1=NCC(=O)N1C. The second kappa shape index (κ2) is 3.34. The summed E-state index contributed by atoms with van der Waals surface area (Å²) in [5.74, 6) is 0.502. The van der Waals surface area contributed by atoms with E-state index in [1.54, 1.807) is 7.05 Å². The number of guanidine groups is 1. The average molecular weight is 168 g/mol. The van der Waals surface area contributed by atoms with Crippen LogP contribution in [0, 0.1) is 0 Å². The molecule has 0 aromatic rings. The molecule has 1 amide bonds. The van der Waals surface area contributed by atoms with Crippen molar-refractivity contribution in [2.45, 2.75) is 13.8 Å². The fourth-order valence-corrected chi connectivity index (χ4v) is 0.745. The zero-order chi connectivity index (χ0) is 9.14. The molecule has 0 radical (unpaired) electrons. The average Bonchev–Trinajstić information content (AvgIpc) is 2.30. The zero-order valence-electron chi connectivity index (χ0n) is 7.46. The molecule has 1 aliphatic heterocycles. The van der Waals surface area contributed by atoms with E-state index in [4.69, 9.17) is 0 Å². The summed E-state index contributed by atoms with van der Waals surface area (Å²) in [7, 11) is 1.67. The van der Waals surface area contributed by atoms with E-state index < -0.39 is 0 Å². The Bertz CT molecular complexity index is 252. The van der Waals surface area contributed by atoms with Gasteiger partial charge in [0.05, 0.1) is 0 Å². The van der Waals surface area contributed by atoms with Gasteiger partial charge in [0.15, 0.2) is 0 Å². The van der Waals surface area contributed by atoms with Gasteiger partial charge < -0.3 is 0 Å². The monoisotopic (exact) mass is 168 g/mol. The molecule has 0 bridgehead atoms. The van der Waals surface area contributed by atoms with E-state index in [1.807, 2.05) is 13.8 Å². The molecular weight excluding hydrogens is 156 g/mol. The normalized spacial score (nSPS) is 16.1. The third-order valence-corrected chi connectivity index (χ3v) is 1.44. The lowest BCUT2D eigenvalue weighted by Crippen LogP contribution is -2.35. The van der Waals surface area contributed by atoms with Crippen LogP contribution in [0.5, 0.6) is 0 Å². The number of hydrogen-bond acceptors (Lipinski definition) is 4. The molecule has 0 fully saturated rings. The first kappa shape index (κ1) is 8.70. The van der Waals surface area contributed by atoms with Crippen molar-refractivity contribution in [1.29, 1.82) is 0 Å². The van der Waals surface area contributed by atoms with E-state index in [9.17, 15) is 4.79 Å². The van der Waals surface area contributed by atoms with Gasteiger partial charge in [-0.1, -0.05) is 0 Å². The van der Waals surface area contributed by atoms with Gasteiger partial charge in [0.25, 0.3) is 5.91 Å². The third kappa shape index (κ3) is 1.81. The zero-order valence-corrected chi connectivity index (χ0v) is 7.46. The molecule has 12 heavy (non-hydrogen) atoms. The number of amides is 1. The number of likely N-dealkylation sites (N-methyl/N-ethyl adjacent to an activating group) is 1. The van der Waals surface area contributed by atoms with E-state index >= 15 is 0 Å². The number of nitrogens with one attached hydrogen (secondary N) is 1. The molecule has 0 aromatic carbocycles. The maximum absolute atomic E-state index is 11.0. The minimum absolute atomic E-state index is 0.0125. The second-order valence-corrected chi connectivity index (χ2v) is 2.76. The molecule has 5 nitrogen and oxygen atoms in total. The Hall–Kier alpha value is -1.39. The minimum Gasteiger partial charge on any atom is -0.283 e. The van der Waals surface area contributed by atoms with Crippen LogP contribution in [0.2, 0.25) is 0 Å². The maximum Gasteiger partial charge on any atom is 0.250 e. The summed E-state index contributed by atoms with van der Waals surface area (Å²) in [6.45, 7) is 3.95. The van der Waals surface area contributed by atoms with Gasteiger partial charge in [0.2, 0.25) is 5.96 Å². The van der Waals surface area contributed by atoms with Crippen LogP contribution in [0.15, 0.2) is 10.1 Å². The van der Waals surface area contributed by atoms with Crippen LogP contribution >= 0.6 is 0 Å². The molecule has 0 atom stereocenters. The summed E-state index contributed by atoms with van der Waals surface area (Å²) in [6.07, 6.45) is 0. The number of hydrazone groups is 1. The Kier molecular flexibility index (Phi) is 2.42.